The summed E-state index contributed by atoms with van der Waals surface area (Å²) in [7, 11) is 4.26. The molecule has 6 rings (SSSR count). The first-order valence-electron chi connectivity index (χ1n) is 18.5. The fraction of sp³-hybridized carbons (Fsp3) is 0.227. The Bertz CT molecular complexity index is 2390. The number of aryl methyl sites for hydroxylation is 1. The summed E-state index contributed by atoms with van der Waals surface area (Å²) in [4.78, 5) is 54.5. The van der Waals surface area contributed by atoms with Crippen LogP contribution in [0, 0.1) is 41.8 Å². The Kier molecular flexibility index (Phi) is 15.1. The van der Waals surface area contributed by atoms with Crippen molar-refractivity contribution in [2.24, 2.45) is 0 Å². The quantitative estimate of drug-likeness (QED) is 0.107. The second-order valence-corrected chi connectivity index (χ2v) is 13.7. The van der Waals surface area contributed by atoms with Crippen LogP contribution < -0.4 is 14.5 Å². The Labute approximate surface area is 347 Å². The highest BCUT2D eigenvalue weighted by molar-refractivity contribution is 5.93. The second-order valence-electron chi connectivity index (χ2n) is 13.7. The van der Waals surface area contributed by atoms with E-state index < -0.39 is 71.2 Å². The minimum Gasteiger partial charge on any atom is -0.465 e. The minimum absolute atomic E-state index is 0.00707. The lowest BCUT2D eigenvalue weighted by molar-refractivity contribution is 0.0591. The molecule has 5 aromatic carbocycles. The van der Waals surface area contributed by atoms with Crippen LogP contribution in [-0.4, -0.2) is 81.3 Å². The molecule has 0 spiro atoms. The van der Waals surface area contributed by atoms with Crippen molar-refractivity contribution >= 4 is 35.4 Å². The number of piperazine rings is 1. The van der Waals surface area contributed by atoms with Gasteiger partial charge in [-0.2, -0.15) is 0 Å². The molecular weight excluding hydrogens is 810 g/mol. The van der Waals surface area contributed by atoms with Gasteiger partial charge in [0.2, 0.25) is 0 Å². The molecule has 0 unspecified atom stereocenters. The highest BCUT2D eigenvalue weighted by atomic mass is 19.2. The van der Waals surface area contributed by atoms with Gasteiger partial charge >= 0.3 is 24.1 Å². The third-order valence-corrected chi connectivity index (χ3v) is 9.50. The average Bonchev–Trinajstić information content (AvgIpc) is 3.25. The molecule has 0 atom stereocenters. The lowest BCUT2D eigenvalue weighted by atomic mass is 10.1. The van der Waals surface area contributed by atoms with E-state index in [1.807, 2.05) is 18.9 Å². The van der Waals surface area contributed by atoms with Gasteiger partial charge in [-0.25, -0.2) is 45.5 Å². The molecule has 3 amide bonds. The summed E-state index contributed by atoms with van der Waals surface area (Å²) in [6.07, 6.45) is -1.04. The van der Waals surface area contributed by atoms with E-state index in [-0.39, 0.29) is 40.2 Å². The normalized spacial score (nSPS) is 12.5. The SMILES string of the molecule is COC(=O)c1ccc(CN(C(=O)N2CCN(C)CC2)c2cccc(F)c2F)c(F)c1.COC(=O)c1ccc(CN(C(=O)Oc2ccc(C)cc2)c2cccc(F)c2F)c(F)c1. The summed E-state index contributed by atoms with van der Waals surface area (Å²) in [5, 5.41) is 0. The van der Waals surface area contributed by atoms with Gasteiger partial charge in [0.05, 0.1) is 49.8 Å². The first-order valence-corrected chi connectivity index (χ1v) is 18.5. The van der Waals surface area contributed by atoms with Crippen LogP contribution in [-0.2, 0) is 22.6 Å². The molecule has 1 heterocycles. The van der Waals surface area contributed by atoms with E-state index >= 15 is 0 Å². The van der Waals surface area contributed by atoms with Crippen LogP contribution in [0.25, 0.3) is 0 Å². The van der Waals surface area contributed by atoms with Gasteiger partial charge < -0.3 is 24.0 Å². The fourth-order valence-electron chi connectivity index (χ4n) is 6.02. The molecule has 0 saturated carbocycles. The van der Waals surface area contributed by atoms with Crippen LogP contribution in [0.5, 0.6) is 5.75 Å². The smallest absolute Gasteiger partial charge is 0.420 e. The summed E-state index contributed by atoms with van der Waals surface area (Å²) >= 11 is 0. The van der Waals surface area contributed by atoms with E-state index in [1.54, 1.807) is 24.3 Å². The number of anilines is 2. The number of methoxy groups -OCH3 is 2. The van der Waals surface area contributed by atoms with E-state index in [4.69, 9.17) is 4.74 Å². The van der Waals surface area contributed by atoms with Gasteiger partial charge in [-0.3, -0.25) is 9.80 Å². The van der Waals surface area contributed by atoms with Gasteiger partial charge in [0.15, 0.2) is 23.3 Å². The van der Waals surface area contributed by atoms with Crippen molar-refractivity contribution in [2.45, 2.75) is 20.0 Å². The summed E-state index contributed by atoms with van der Waals surface area (Å²) in [5.41, 5.74) is 0.206. The Morgan fingerprint density at radius 2 is 1.05 bits per heavy atom. The third-order valence-electron chi connectivity index (χ3n) is 9.50. The molecule has 0 N–H and O–H groups in total. The van der Waals surface area contributed by atoms with E-state index in [1.165, 1.54) is 60.5 Å². The van der Waals surface area contributed by atoms with Gasteiger partial charge in [0.25, 0.3) is 0 Å². The molecule has 0 bridgehead atoms. The van der Waals surface area contributed by atoms with Crippen molar-refractivity contribution in [3.63, 3.8) is 0 Å². The van der Waals surface area contributed by atoms with E-state index in [0.717, 1.165) is 46.7 Å². The Hall–Kier alpha value is -6.88. The molecule has 61 heavy (non-hydrogen) atoms. The molecule has 1 saturated heterocycles. The number of hydrogen-bond acceptors (Lipinski definition) is 8. The number of rotatable bonds is 9. The van der Waals surface area contributed by atoms with Crippen LogP contribution in [0.3, 0.4) is 0 Å². The number of hydrogen-bond donors (Lipinski definition) is 0. The van der Waals surface area contributed by atoms with Gasteiger partial charge in [-0.1, -0.05) is 42.0 Å². The van der Waals surface area contributed by atoms with Gasteiger partial charge in [0.1, 0.15) is 17.4 Å². The number of nitrogens with zero attached hydrogens (tertiary/aromatic N) is 4. The summed E-state index contributed by atoms with van der Waals surface area (Å²) in [6, 6.07) is 19.9. The van der Waals surface area contributed by atoms with Gasteiger partial charge in [-0.15, -0.1) is 0 Å². The highest BCUT2D eigenvalue weighted by Crippen LogP contribution is 2.28. The molecule has 1 aliphatic heterocycles. The van der Waals surface area contributed by atoms with E-state index in [2.05, 4.69) is 9.47 Å². The van der Waals surface area contributed by atoms with Crippen LogP contribution in [0.15, 0.2) is 97.1 Å². The molecule has 1 fully saturated rings. The maximum Gasteiger partial charge on any atom is 0.420 e. The van der Waals surface area contributed by atoms with Crippen molar-refractivity contribution in [1.29, 1.82) is 0 Å². The summed E-state index contributed by atoms with van der Waals surface area (Å²) < 4.78 is 100. The molecule has 0 radical (unpaired) electrons. The monoisotopic (exact) mass is 850 g/mol. The molecule has 17 heteroatoms. The Morgan fingerprint density at radius 1 is 0.590 bits per heavy atom. The van der Waals surface area contributed by atoms with Crippen LogP contribution in [0.2, 0.25) is 0 Å². The number of urea groups is 1. The zero-order valence-electron chi connectivity index (χ0n) is 33.4. The Balaban J connectivity index is 0.000000231. The summed E-state index contributed by atoms with van der Waals surface area (Å²) in [5.74, 6) is -7.60. The predicted molar refractivity (Wildman–Crippen MR) is 212 cm³/mol. The van der Waals surface area contributed by atoms with E-state index in [0.29, 0.717) is 26.2 Å². The zero-order valence-corrected chi connectivity index (χ0v) is 33.4. The Morgan fingerprint density at radius 3 is 1.51 bits per heavy atom. The van der Waals surface area contributed by atoms with Crippen LogP contribution >= 0.6 is 0 Å². The van der Waals surface area contributed by atoms with Crippen molar-refractivity contribution < 1.29 is 59.7 Å². The number of esters is 2. The molecule has 0 aromatic heterocycles. The number of benzene rings is 5. The standard InChI is InChI=1S/C23H18F3NO4.C21H22F3N3O3/c1-14-6-10-17(11-7-14)31-23(29)27(20-5-3-4-18(24)21(20)26)13-16-9-8-15(12-19(16)25)22(28)30-2;1-25-8-10-26(11-9-25)21(29)27(18-5-3-4-16(22)19(18)24)13-15-7-6-14(12-17(15)23)20(28)30-2/h3-12H,13H2,1-2H3;3-7,12H,8-11,13H2,1-2H3. The molecule has 1 aliphatic rings. The number of likely N-dealkylation sites (N-methyl/N-ethyl adjacent to an activating group) is 1. The minimum atomic E-state index is -1.28. The highest BCUT2D eigenvalue weighted by Gasteiger charge is 2.29. The van der Waals surface area contributed by atoms with E-state index in [9.17, 15) is 45.5 Å². The van der Waals surface area contributed by atoms with Crippen molar-refractivity contribution in [2.75, 3.05) is 57.2 Å². The number of carbonyl (C=O) groups excluding carboxylic acids is 4. The average molecular weight is 851 g/mol. The largest absolute Gasteiger partial charge is 0.465 e. The lowest BCUT2D eigenvalue weighted by Crippen LogP contribution is -2.52. The molecular formula is C44H40F6N4O7. The summed E-state index contributed by atoms with van der Waals surface area (Å²) in [6.45, 7) is 3.12. The fourth-order valence-corrected chi connectivity index (χ4v) is 6.02. The second kappa shape index (κ2) is 20.4. The first-order chi connectivity index (χ1) is 29.1. The number of carbonyl (C=O) groups is 4. The van der Waals surface area contributed by atoms with Gasteiger partial charge in [0, 0.05) is 37.3 Å². The lowest BCUT2D eigenvalue weighted by Gasteiger charge is -2.36. The topological polar surface area (TPSA) is 109 Å². The third kappa shape index (κ3) is 11.2. The molecule has 0 aliphatic carbocycles. The molecule has 320 valence electrons. The van der Waals surface area contributed by atoms with Crippen molar-refractivity contribution in [3.8, 4) is 5.75 Å². The maximum atomic E-state index is 14.6. The van der Waals surface area contributed by atoms with Gasteiger partial charge in [-0.05, 0) is 74.6 Å². The molecule has 5 aromatic rings. The van der Waals surface area contributed by atoms with Crippen LogP contribution in [0.1, 0.15) is 37.4 Å². The van der Waals surface area contributed by atoms with Crippen molar-refractivity contribution in [1.82, 2.24) is 9.80 Å². The number of halogens is 6. The number of amides is 3. The first kappa shape index (κ1) is 45.2. The predicted octanol–water partition coefficient (Wildman–Crippen LogP) is 8.67. The maximum absolute atomic E-state index is 14.6. The number of ether oxygens (including phenoxy) is 3. The molecule has 11 nitrogen and oxygen atoms in total. The zero-order chi connectivity index (χ0) is 44.4. The van der Waals surface area contributed by atoms with Crippen LogP contribution in [0.4, 0.5) is 47.3 Å². The van der Waals surface area contributed by atoms with Crippen molar-refractivity contribution in [3.05, 3.63) is 160 Å².